The van der Waals surface area contributed by atoms with Crippen LogP contribution in [0.15, 0.2) is 4.99 Å². The van der Waals surface area contributed by atoms with Crippen LogP contribution >= 0.6 is 0 Å². The highest BCUT2D eigenvalue weighted by Gasteiger charge is 2.27. The summed E-state index contributed by atoms with van der Waals surface area (Å²) in [7, 11) is 6.46. The van der Waals surface area contributed by atoms with E-state index in [1.54, 1.807) is 21.3 Å². The van der Waals surface area contributed by atoms with E-state index >= 15 is 0 Å². The SMILES string of the molecule is COCC1CN(C)C(=O)O1.COCC1CN=C(OC)O1. The van der Waals surface area contributed by atoms with Crippen molar-refractivity contribution in [3.05, 3.63) is 0 Å². The minimum Gasteiger partial charge on any atom is -0.454 e. The van der Waals surface area contributed by atoms with E-state index in [9.17, 15) is 4.79 Å². The number of aliphatic imine (C=N–C) groups is 1. The van der Waals surface area contributed by atoms with Crippen LogP contribution < -0.4 is 0 Å². The highest BCUT2D eigenvalue weighted by molar-refractivity contribution is 5.69. The van der Waals surface area contributed by atoms with Crippen LogP contribution in [0.4, 0.5) is 4.79 Å². The minimum absolute atomic E-state index is 0.0416. The molecule has 1 amide bonds. The van der Waals surface area contributed by atoms with Crippen LogP contribution in [0.5, 0.6) is 0 Å². The molecule has 0 aromatic heterocycles. The molecule has 20 heavy (non-hydrogen) atoms. The number of ether oxygens (including phenoxy) is 5. The Labute approximate surface area is 118 Å². The molecule has 116 valence electrons. The van der Waals surface area contributed by atoms with Crippen LogP contribution in [0, 0.1) is 0 Å². The van der Waals surface area contributed by atoms with Gasteiger partial charge in [0.15, 0.2) is 0 Å². The number of hydrogen-bond acceptors (Lipinski definition) is 7. The van der Waals surface area contributed by atoms with Gasteiger partial charge in [-0.25, -0.2) is 9.79 Å². The van der Waals surface area contributed by atoms with Gasteiger partial charge in [0.1, 0.15) is 12.2 Å². The maximum Gasteiger partial charge on any atom is 0.410 e. The number of rotatable bonds is 4. The monoisotopic (exact) mass is 290 g/mol. The zero-order valence-corrected chi connectivity index (χ0v) is 12.3. The Morgan fingerprint density at radius 1 is 1.20 bits per heavy atom. The van der Waals surface area contributed by atoms with E-state index in [1.807, 2.05) is 0 Å². The number of cyclic esters (lactones) is 1. The van der Waals surface area contributed by atoms with Gasteiger partial charge in [0.2, 0.25) is 0 Å². The van der Waals surface area contributed by atoms with Crippen molar-refractivity contribution >= 4 is 12.2 Å². The van der Waals surface area contributed by atoms with E-state index in [2.05, 4.69) is 4.99 Å². The first-order chi connectivity index (χ1) is 9.60. The van der Waals surface area contributed by atoms with Crippen molar-refractivity contribution in [1.29, 1.82) is 0 Å². The van der Waals surface area contributed by atoms with Gasteiger partial charge in [0, 0.05) is 21.3 Å². The molecule has 8 nitrogen and oxygen atoms in total. The topological polar surface area (TPSA) is 78.8 Å². The first-order valence-corrected chi connectivity index (χ1v) is 6.25. The molecule has 0 aliphatic carbocycles. The third kappa shape index (κ3) is 5.22. The lowest BCUT2D eigenvalue weighted by Crippen LogP contribution is -2.21. The Morgan fingerprint density at radius 3 is 2.30 bits per heavy atom. The lowest BCUT2D eigenvalue weighted by molar-refractivity contribution is 0.0714. The Kier molecular flexibility index (Phi) is 7.10. The average Bonchev–Trinajstić information content (AvgIpc) is 2.99. The molecule has 0 N–H and O–H groups in total. The van der Waals surface area contributed by atoms with Gasteiger partial charge in [-0.1, -0.05) is 0 Å². The van der Waals surface area contributed by atoms with Gasteiger partial charge in [-0.2, -0.15) is 0 Å². The lowest BCUT2D eigenvalue weighted by atomic mass is 10.4. The van der Waals surface area contributed by atoms with E-state index in [0.717, 1.165) is 0 Å². The van der Waals surface area contributed by atoms with Crippen molar-refractivity contribution in [1.82, 2.24) is 4.90 Å². The summed E-state index contributed by atoms with van der Waals surface area (Å²) in [5.41, 5.74) is 0. The molecule has 0 aromatic carbocycles. The van der Waals surface area contributed by atoms with Gasteiger partial charge in [-0.05, 0) is 0 Å². The lowest BCUT2D eigenvalue weighted by Gasteiger charge is -2.07. The fraction of sp³-hybridized carbons (Fsp3) is 0.833. The van der Waals surface area contributed by atoms with Crippen molar-refractivity contribution in [3.8, 4) is 0 Å². The highest BCUT2D eigenvalue weighted by Crippen LogP contribution is 2.08. The normalized spacial score (nSPS) is 24.5. The molecule has 0 spiro atoms. The predicted molar refractivity (Wildman–Crippen MR) is 70.8 cm³/mol. The molecule has 1 fully saturated rings. The zero-order chi connectivity index (χ0) is 15.0. The summed E-state index contributed by atoms with van der Waals surface area (Å²) in [5, 5.41) is 0. The number of hydrogen-bond donors (Lipinski definition) is 0. The summed E-state index contributed by atoms with van der Waals surface area (Å²) in [6, 6.07) is 0. The summed E-state index contributed by atoms with van der Waals surface area (Å²) in [4.78, 5) is 16.2. The van der Waals surface area contributed by atoms with E-state index in [1.165, 1.54) is 12.0 Å². The smallest absolute Gasteiger partial charge is 0.410 e. The van der Waals surface area contributed by atoms with Crippen LogP contribution in [0.3, 0.4) is 0 Å². The van der Waals surface area contributed by atoms with Crippen LogP contribution in [-0.4, -0.2) is 84.0 Å². The first kappa shape index (κ1) is 16.5. The van der Waals surface area contributed by atoms with Crippen molar-refractivity contribution in [2.24, 2.45) is 4.99 Å². The molecule has 0 aromatic rings. The molecule has 2 aliphatic rings. The Hall–Kier alpha value is -1.54. The van der Waals surface area contributed by atoms with Gasteiger partial charge in [-0.15, -0.1) is 0 Å². The predicted octanol–water partition coefficient (Wildman–Crippen LogP) is 0.117. The van der Waals surface area contributed by atoms with Gasteiger partial charge >= 0.3 is 12.2 Å². The van der Waals surface area contributed by atoms with Crippen LogP contribution in [0.2, 0.25) is 0 Å². The summed E-state index contributed by atoms with van der Waals surface area (Å²) in [6.45, 7) is 2.32. The van der Waals surface area contributed by atoms with Crippen molar-refractivity contribution in [3.63, 3.8) is 0 Å². The van der Waals surface area contributed by atoms with Crippen LogP contribution in [0.25, 0.3) is 0 Å². The van der Waals surface area contributed by atoms with Gasteiger partial charge < -0.3 is 28.6 Å². The first-order valence-electron chi connectivity index (χ1n) is 6.25. The quantitative estimate of drug-likeness (QED) is 0.731. The molecule has 0 radical (unpaired) electrons. The molecule has 2 rings (SSSR count). The number of methoxy groups -OCH3 is 3. The molecule has 2 atom stereocenters. The van der Waals surface area contributed by atoms with Crippen molar-refractivity contribution in [2.45, 2.75) is 12.2 Å². The Balaban J connectivity index is 0.000000200. The van der Waals surface area contributed by atoms with Crippen molar-refractivity contribution < 1.29 is 28.5 Å². The third-order valence-electron chi connectivity index (χ3n) is 2.63. The fourth-order valence-electron chi connectivity index (χ4n) is 1.70. The standard InChI is InChI=1S/2C6H11NO3/c1-8-4-5-3-7-6(9-2)10-5;1-7-3-5(4-9-2)10-6(7)8/h2*5H,3-4H2,1-2H3. The number of carbonyl (C=O) groups excluding carboxylic acids is 1. The average molecular weight is 290 g/mol. The molecule has 2 heterocycles. The second kappa shape index (κ2) is 8.60. The number of likely N-dealkylation sites (N-methyl/N-ethyl adjacent to an activating group) is 1. The van der Waals surface area contributed by atoms with Gasteiger partial charge in [-0.3, -0.25) is 0 Å². The molecular weight excluding hydrogens is 268 g/mol. The second-order valence-corrected chi connectivity index (χ2v) is 4.35. The Bertz CT molecular complexity index is 336. The highest BCUT2D eigenvalue weighted by atomic mass is 16.7. The van der Waals surface area contributed by atoms with E-state index in [0.29, 0.717) is 32.4 Å². The molecular formula is C12H22N2O6. The van der Waals surface area contributed by atoms with Crippen molar-refractivity contribution in [2.75, 3.05) is 54.7 Å². The minimum atomic E-state index is -0.262. The largest absolute Gasteiger partial charge is 0.454 e. The number of amides is 1. The second-order valence-electron chi connectivity index (χ2n) is 4.35. The maximum absolute atomic E-state index is 10.7. The maximum atomic E-state index is 10.7. The summed E-state index contributed by atoms with van der Waals surface area (Å²) >= 11 is 0. The number of nitrogens with zero attached hydrogens (tertiary/aromatic N) is 2. The molecule has 2 aliphatic heterocycles. The van der Waals surface area contributed by atoms with E-state index < -0.39 is 0 Å². The molecule has 8 heteroatoms. The summed E-state index contributed by atoms with van der Waals surface area (Å²) < 4.78 is 24.5. The third-order valence-corrected chi connectivity index (χ3v) is 2.63. The van der Waals surface area contributed by atoms with Crippen LogP contribution in [0.1, 0.15) is 0 Å². The Morgan fingerprint density at radius 2 is 1.85 bits per heavy atom. The molecule has 2 unspecified atom stereocenters. The van der Waals surface area contributed by atoms with Gasteiger partial charge in [0.05, 0.1) is 33.4 Å². The molecule has 0 bridgehead atoms. The van der Waals surface area contributed by atoms with E-state index in [4.69, 9.17) is 23.7 Å². The van der Waals surface area contributed by atoms with Gasteiger partial charge in [0.25, 0.3) is 0 Å². The zero-order valence-electron chi connectivity index (χ0n) is 12.3. The molecule has 1 saturated heterocycles. The summed E-state index contributed by atoms with van der Waals surface area (Å²) in [5.74, 6) is 0. The van der Waals surface area contributed by atoms with E-state index in [-0.39, 0.29) is 18.3 Å². The molecule has 0 saturated carbocycles. The number of carbonyl (C=O) groups is 1. The van der Waals surface area contributed by atoms with Crippen LogP contribution in [-0.2, 0) is 23.7 Å². The summed E-state index contributed by atoms with van der Waals surface area (Å²) in [6.07, 6.45) is 0.0616. The fourth-order valence-corrected chi connectivity index (χ4v) is 1.70.